The highest BCUT2D eigenvalue weighted by Gasteiger charge is 2.26. The number of rotatable bonds is 3. The maximum absolute atomic E-state index is 5.76. The molecule has 1 aliphatic carbocycles. The lowest BCUT2D eigenvalue weighted by molar-refractivity contribution is 0.101. The van der Waals surface area contributed by atoms with Crippen molar-refractivity contribution in [3.05, 3.63) is 17.4 Å². The Morgan fingerprint density at radius 3 is 3.13 bits per heavy atom. The second-order valence-corrected chi connectivity index (χ2v) is 4.11. The van der Waals surface area contributed by atoms with E-state index in [4.69, 9.17) is 16.3 Å². The van der Waals surface area contributed by atoms with Crippen LogP contribution in [0.15, 0.2) is 12.3 Å². The molecule has 1 heterocycles. The number of hydrogen-bond acceptors (Lipinski definition) is 4. The van der Waals surface area contributed by atoms with Crippen LogP contribution in [0.3, 0.4) is 0 Å². The largest absolute Gasteiger partial charge is 0.379 e. The van der Waals surface area contributed by atoms with E-state index in [1.165, 1.54) is 6.42 Å². The molecule has 1 aromatic rings. The van der Waals surface area contributed by atoms with E-state index in [9.17, 15) is 0 Å². The zero-order valence-electron chi connectivity index (χ0n) is 8.61. The lowest BCUT2D eigenvalue weighted by atomic mass is 10.2. The first-order valence-corrected chi connectivity index (χ1v) is 5.45. The van der Waals surface area contributed by atoms with Crippen LogP contribution < -0.4 is 5.32 Å². The molecule has 0 bridgehead atoms. The minimum Gasteiger partial charge on any atom is -0.379 e. The highest BCUT2D eigenvalue weighted by Crippen LogP contribution is 2.25. The number of anilines is 1. The van der Waals surface area contributed by atoms with E-state index in [2.05, 4.69) is 15.5 Å². The molecule has 2 atom stereocenters. The van der Waals surface area contributed by atoms with Crippen LogP contribution in [0.4, 0.5) is 5.69 Å². The predicted octanol–water partition coefficient (Wildman–Crippen LogP) is 2.11. The maximum Gasteiger partial charge on any atom is 0.153 e. The molecule has 2 rings (SSSR count). The Labute approximate surface area is 94.0 Å². The quantitative estimate of drug-likeness (QED) is 0.859. The summed E-state index contributed by atoms with van der Waals surface area (Å²) >= 11 is 5.76. The first-order chi connectivity index (χ1) is 7.29. The molecule has 1 aliphatic rings. The van der Waals surface area contributed by atoms with Crippen LogP contribution in [-0.2, 0) is 4.74 Å². The molecular formula is C10H14ClN3O. The van der Waals surface area contributed by atoms with Gasteiger partial charge in [-0.2, -0.15) is 5.10 Å². The van der Waals surface area contributed by atoms with Gasteiger partial charge in [-0.15, -0.1) is 5.10 Å². The fraction of sp³-hybridized carbons (Fsp3) is 0.600. The third kappa shape index (κ3) is 2.58. The van der Waals surface area contributed by atoms with Crippen LogP contribution in [-0.4, -0.2) is 29.5 Å². The zero-order valence-corrected chi connectivity index (χ0v) is 9.37. The van der Waals surface area contributed by atoms with Gasteiger partial charge in [0, 0.05) is 13.2 Å². The highest BCUT2D eigenvalue weighted by molar-refractivity contribution is 6.29. The van der Waals surface area contributed by atoms with Crippen LogP contribution in [0.5, 0.6) is 0 Å². The summed E-state index contributed by atoms with van der Waals surface area (Å²) in [5.41, 5.74) is 0.906. The molecule has 4 nitrogen and oxygen atoms in total. The molecule has 1 fully saturated rings. The topological polar surface area (TPSA) is 47.0 Å². The highest BCUT2D eigenvalue weighted by atomic mass is 35.5. The Hall–Kier alpha value is -0.870. The van der Waals surface area contributed by atoms with Crippen LogP contribution >= 0.6 is 11.6 Å². The lowest BCUT2D eigenvalue weighted by Crippen LogP contribution is -2.29. The summed E-state index contributed by atoms with van der Waals surface area (Å²) in [4.78, 5) is 0. The van der Waals surface area contributed by atoms with Gasteiger partial charge in [0.1, 0.15) is 0 Å². The summed E-state index contributed by atoms with van der Waals surface area (Å²) in [5.74, 6) is 0. The molecule has 5 heteroatoms. The smallest absolute Gasteiger partial charge is 0.153 e. The van der Waals surface area contributed by atoms with Gasteiger partial charge in [-0.25, -0.2) is 0 Å². The minimum atomic E-state index is 0.289. The van der Waals surface area contributed by atoms with E-state index >= 15 is 0 Å². The summed E-state index contributed by atoms with van der Waals surface area (Å²) in [5, 5.41) is 11.3. The van der Waals surface area contributed by atoms with Crippen LogP contribution in [0, 0.1) is 0 Å². The van der Waals surface area contributed by atoms with Crippen molar-refractivity contribution < 1.29 is 4.74 Å². The molecular weight excluding hydrogens is 214 g/mol. The Morgan fingerprint density at radius 1 is 1.53 bits per heavy atom. The van der Waals surface area contributed by atoms with Gasteiger partial charge in [0.15, 0.2) is 5.15 Å². The molecule has 0 amide bonds. The van der Waals surface area contributed by atoms with E-state index in [1.807, 2.05) is 0 Å². The van der Waals surface area contributed by atoms with Crippen molar-refractivity contribution in [2.24, 2.45) is 0 Å². The summed E-state index contributed by atoms with van der Waals surface area (Å²) in [6.45, 7) is 0. The van der Waals surface area contributed by atoms with E-state index in [-0.39, 0.29) is 6.10 Å². The standard InChI is InChI=1S/C10H14ClN3O/c1-15-9-4-2-3-8(9)13-7-5-10(11)14-12-6-7/h5-6,8-9H,2-4H2,1H3,(H,13,14). The molecule has 2 unspecified atom stereocenters. The number of halogens is 1. The summed E-state index contributed by atoms with van der Waals surface area (Å²) < 4.78 is 5.39. The minimum absolute atomic E-state index is 0.289. The molecule has 1 saturated carbocycles. The molecule has 1 aromatic heterocycles. The summed E-state index contributed by atoms with van der Waals surface area (Å²) in [7, 11) is 1.75. The first kappa shape index (κ1) is 10.6. The van der Waals surface area contributed by atoms with Crippen molar-refractivity contribution in [2.45, 2.75) is 31.4 Å². The van der Waals surface area contributed by atoms with Crippen LogP contribution in [0.2, 0.25) is 5.15 Å². The summed E-state index contributed by atoms with van der Waals surface area (Å²) in [6, 6.07) is 2.13. The third-order valence-corrected chi connectivity index (χ3v) is 2.92. The second-order valence-electron chi connectivity index (χ2n) is 3.72. The van der Waals surface area contributed by atoms with Gasteiger partial charge in [0.2, 0.25) is 0 Å². The Morgan fingerprint density at radius 2 is 2.40 bits per heavy atom. The van der Waals surface area contributed by atoms with Crippen molar-refractivity contribution >= 4 is 17.3 Å². The monoisotopic (exact) mass is 227 g/mol. The average molecular weight is 228 g/mol. The summed E-state index contributed by atoms with van der Waals surface area (Å²) in [6.07, 6.45) is 5.40. The van der Waals surface area contributed by atoms with Crippen molar-refractivity contribution in [3.63, 3.8) is 0 Å². The van der Waals surface area contributed by atoms with Gasteiger partial charge in [-0.3, -0.25) is 0 Å². The SMILES string of the molecule is COC1CCCC1Nc1cnnc(Cl)c1. The van der Waals surface area contributed by atoms with Crippen LogP contribution in [0.25, 0.3) is 0 Å². The second kappa shape index (κ2) is 4.77. The maximum atomic E-state index is 5.76. The van der Waals surface area contributed by atoms with E-state index in [0.717, 1.165) is 18.5 Å². The van der Waals surface area contributed by atoms with Crippen LogP contribution in [0.1, 0.15) is 19.3 Å². The molecule has 0 aliphatic heterocycles. The van der Waals surface area contributed by atoms with Gasteiger partial charge in [0.05, 0.1) is 24.0 Å². The van der Waals surface area contributed by atoms with E-state index < -0.39 is 0 Å². The van der Waals surface area contributed by atoms with Gasteiger partial charge < -0.3 is 10.1 Å². The molecule has 0 aromatic carbocycles. The Bertz CT molecular complexity index is 334. The zero-order chi connectivity index (χ0) is 10.7. The van der Waals surface area contributed by atoms with Gasteiger partial charge in [-0.1, -0.05) is 11.6 Å². The van der Waals surface area contributed by atoms with Crippen molar-refractivity contribution in [1.29, 1.82) is 0 Å². The van der Waals surface area contributed by atoms with Gasteiger partial charge in [0.25, 0.3) is 0 Å². The number of ether oxygens (including phenoxy) is 1. The normalized spacial score (nSPS) is 25.5. The number of nitrogens with zero attached hydrogens (tertiary/aromatic N) is 2. The Balaban J connectivity index is 2.02. The molecule has 82 valence electrons. The predicted molar refractivity (Wildman–Crippen MR) is 59.1 cm³/mol. The fourth-order valence-corrected chi connectivity index (χ4v) is 2.17. The van der Waals surface area contributed by atoms with Crippen molar-refractivity contribution in [1.82, 2.24) is 10.2 Å². The van der Waals surface area contributed by atoms with Gasteiger partial charge in [-0.05, 0) is 19.3 Å². The average Bonchev–Trinajstić information content (AvgIpc) is 2.65. The first-order valence-electron chi connectivity index (χ1n) is 5.07. The molecule has 0 spiro atoms. The number of hydrogen-bond donors (Lipinski definition) is 1. The number of aromatic nitrogens is 2. The molecule has 15 heavy (non-hydrogen) atoms. The van der Waals surface area contributed by atoms with Gasteiger partial charge >= 0.3 is 0 Å². The van der Waals surface area contributed by atoms with E-state index in [0.29, 0.717) is 11.2 Å². The molecule has 1 N–H and O–H groups in total. The Kier molecular flexibility index (Phi) is 3.38. The third-order valence-electron chi connectivity index (χ3n) is 2.73. The van der Waals surface area contributed by atoms with Crippen molar-refractivity contribution in [3.8, 4) is 0 Å². The fourth-order valence-electron chi connectivity index (χ4n) is 2.01. The lowest BCUT2D eigenvalue weighted by Gasteiger charge is -2.20. The van der Waals surface area contributed by atoms with E-state index in [1.54, 1.807) is 19.4 Å². The molecule has 0 saturated heterocycles. The number of nitrogens with one attached hydrogen (secondary N) is 1. The molecule has 0 radical (unpaired) electrons. The number of methoxy groups -OCH3 is 1. The van der Waals surface area contributed by atoms with Crippen molar-refractivity contribution in [2.75, 3.05) is 12.4 Å².